The first kappa shape index (κ1) is 28.0. The maximum atomic E-state index is 13.3. The monoisotopic (exact) mass is 636 g/mol. The van der Waals surface area contributed by atoms with Crippen molar-refractivity contribution in [2.24, 2.45) is 5.10 Å². The lowest BCUT2D eigenvalue weighted by molar-refractivity contribution is -0.385. The smallest absolute Gasteiger partial charge is 0.313 e. The van der Waals surface area contributed by atoms with Crippen molar-refractivity contribution < 1.29 is 9.66 Å². The average molecular weight is 639 g/mol. The SMILES string of the molecule is CC[C@H](C)c1nc2ccc(Br)cc2c(=O)n1N=Cc1cc(Cl)c(OCc2ccc(Cl)c(Cl)c2)c([N+](=O)[O-])c1. The third-order valence-corrected chi connectivity index (χ3v) is 7.33. The first-order chi connectivity index (χ1) is 18.1. The highest BCUT2D eigenvalue weighted by Crippen LogP contribution is 2.37. The van der Waals surface area contributed by atoms with Gasteiger partial charge in [0.05, 0.1) is 37.1 Å². The van der Waals surface area contributed by atoms with E-state index in [1.54, 1.807) is 30.3 Å². The third kappa shape index (κ3) is 6.02. The van der Waals surface area contributed by atoms with Crippen molar-refractivity contribution in [3.8, 4) is 5.75 Å². The van der Waals surface area contributed by atoms with Crippen LogP contribution in [0.15, 0.2) is 62.9 Å². The second-order valence-corrected chi connectivity index (χ2v) is 10.6. The molecule has 0 unspecified atom stereocenters. The van der Waals surface area contributed by atoms with Gasteiger partial charge in [0, 0.05) is 22.0 Å². The fraction of sp³-hybridized carbons (Fsp3) is 0.192. The highest BCUT2D eigenvalue weighted by molar-refractivity contribution is 9.10. The fourth-order valence-corrected chi connectivity index (χ4v) is 4.60. The van der Waals surface area contributed by atoms with E-state index < -0.39 is 4.92 Å². The summed E-state index contributed by atoms with van der Waals surface area (Å²) in [5.74, 6) is 0.309. The Labute approximate surface area is 241 Å². The van der Waals surface area contributed by atoms with Gasteiger partial charge in [0.2, 0.25) is 5.75 Å². The zero-order valence-electron chi connectivity index (χ0n) is 20.1. The molecule has 0 amide bonds. The Bertz CT molecular complexity index is 1640. The molecule has 0 fully saturated rings. The molecule has 196 valence electrons. The van der Waals surface area contributed by atoms with E-state index in [2.05, 4.69) is 26.0 Å². The molecule has 1 atom stereocenters. The van der Waals surface area contributed by atoms with E-state index >= 15 is 0 Å². The Morgan fingerprint density at radius 1 is 1.13 bits per heavy atom. The van der Waals surface area contributed by atoms with Crippen molar-refractivity contribution in [3.63, 3.8) is 0 Å². The van der Waals surface area contributed by atoms with Gasteiger partial charge in [-0.25, -0.2) is 4.98 Å². The quantitative estimate of drug-likeness (QED) is 0.111. The van der Waals surface area contributed by atoms with Gasteiger partial charge < -0.3 is 4.74 Å². The van der Waals surface area contributed by atoms with E-state index in [0.717, 1.165) is 10.9 Å². The lowest BCUT2D eigenvalue weighted by atomic mass is 10.1. The predicted octanol–water partition coefficient (Wildman–Crippen LogP) is 8.00. The Morgan fingerprint density at radius 2 is 1.89 bits per heavy atom. The summed E-state index contributed by atoms with van der Waals surface area (Å²) in [7, 11) is 0. The minimum Gasteiger partial charge on any atom is -0.481 e. The van der Waals surface area contributed by atoms with Crippen LogP contribution in [0.1, 0.15) is 43.1 Å². The molecule has 12 heteroatoms. The lowest BCUT2D eigenvalue weighted by Gasteiger charge is -2.14. The lowest BCUT2D eigenvalue weighted by Crippen LogP contribution is -2.23. The molecule has 1 aromatic heterocycles. The summed E-state index contributed by atoms with van der Waals surface area (Å²) in [6, 6.07) is 12.9. The van der Waals surface area contributed by atoms with Crippen LogP contribution in [0.5, 0.6) is 5.75 Å². The van der Waals surface area contributed by atoms with Gasteiger partial charge in [-0.15, -0.1) is 0 Å². The molecule has 0 N–H and O–H groups in total. The van der Waals surface area contributed by atoms with E-state index in [9.17, 15) is 14.9 Å². The highest BCUT2D eigenvalue weighted by atomic mass is 79.9. The van der Waals surface area contributed by atoms with Gasteiger partial charge in [0.1, 0.15) is 12.4 Å². The molecule has 38 heavy (non-hydrogen) atoms. The number of hydrogen-bond donors (Lipinski definition) is 0. The number of benzene rings is 3. The largest absolute Gasteiger partial charge is 0.481 e. The predicted molar refractivity (Wildman–Crippen MR) is 154 cm³/mol. The molecule has 0 aliphatic rings. The Balaban J connectivity index is 1.72. The van der Waals surface area contributed by atoms with Crippen LogP contribution in [-0.2, 0) is 6.61 Å². The van der Waals surface area contributed by atoms with Crippen LogP contribution >= 0.6 is 50.7 Å². The summed E-state index contributed by atoms with van der Waals surface area (Å²) >= 11 is 21.7. The van der Waals surface area contributed by atoms with Crippen LogP contribution in [0, 0.1) is 10.1 Å². The summed E-state index contributed by atoms with van der Waals surface area (Å²) in [6.45, 7) is 3.91. The van der Waals surface area contributed by atoms with Crippen molar-refractivity contribution in [2.45, 2.75) is 32.8 Å². The van der Waals surface area contributed by atoms with E-state index in [0.29, 0.717) is 37.9 Å². The molecule has 8 nitrogen and oxygen atoms in total. The molecule has 0 saturated carbocycles. The summed E-state index contributed by atoms with van der Waals surface area (Å²) in [5, 5.41) is 17.3. The van der Waals surface area contributed by atoms with Crippen molar-refractivity contribution >= 4 is 73.5 Å². The van der Waals surface area contributed by atoms with E-state index in [1.807, 2.05) is 19.9 Å². The Kier molecular flexibility index (Phi) is 8.72. The number of fused-ring (bicyclic) bond motifs is 1. The van der Waals surface area contributed by atoms with Crippen LogP contribution in [0.25, 0.3) is 10.9 Å². The zero-order valence-corrected chi connectivity index (χ0v) is 24.0. The first-order valence-electron chi connectivity index (χ1n) is 11.4. The molecule has 0 spiro atoms. The molecule has 0 aliphatic heterocycles. The van der Waals surface area contributed by atoms with Crippen LogP contribution in [0.2, 0.25) is 15.1 Å². The van der Waals surface area contributed by atoms with Gasteiger partial charge in [-0.05, 0) is 48.4 Å². The van der Waals surface area contributed by atoms with Gasteiger partial charge >= 0.3 is 5.69 Å². The normalized spacial score (nSPS) is 12.3. The number of nitrogens with zero attached hydrogens (tertiary/aromatic N) is 4. The van der Waals surface area contributed by atoms with Gasteiger partial charge in [0.25, 0.3) is 5.56 Å². The molecular formula is C26H20BrCl3N4O4. The third-order valence-electron chi connectivity index (χ3n) is 5.82. The number of rotatable bonds is 8. The minimum absolute atomic E-state index is 0.00998. The number of hydrogen-bond acceptors (Lipinski definition) is 6. The maximum absolute atomic E-state index is 13.3. The summed E-state index contributed by atoms with van der Waals surface area (Å²) in [4.78, 5) is 29.2. The Morgan fingerprint density at radius 3 is 2.58 bits per heavy atom. The standard InChI is InChI=1S/C26H20BrCl3N4O4/c1-3-14(2)25-32-22-7-5-17(27)11-18(22)26(35)33(25)31-12-16-9-21(30)24(23(10-16)34(36)37)38-13-15-4-6-19(28)20(29)8-15/h4-12,14H,3,13H2,1-2H3/t14-/m0/s1. The van der Waals surface area contributed by atoms with Gasteiger partial charge in [-0.2, -0.15) is 9.78 Å². The molecule has 4 aromatic rings. The number of aromatic nitrogens is 2. The zero-order chi connectivity index (χ0) is 27.6. The fourth-order valence-electron chi connectivity index (χ4n) is 3.64. The maximum Gasteiger partial charge on any atom is 0.313 e. The van der Waals surface area contributed by atoms with Crippen LogP contribution in [0.3, 0.4) is 0 Å². The number of nitro benzene ring substituents is 1. The molecular weight excluding hydrogens is 619 g/mol. The number of halogens is 4. The molecule has 3 aromatic carbocycles. The molecule has 1 heterocycles. The second-order valence-electron chi connectivity index (χ2n) is 8.45. The first-order valence-corrected chi connectivity index (χ1v) is 13.3. The van der Waals surface area contributed by atoms with E-state index in [1.165, 1.54) is 23.0 Å². The molecule has 0 radical (unpaired) electrons. The van der Waals surface area contributed by atoms with Crippen LogP contribution < -0.4 is 10.3 Å². The molecule has 0 aliphatic carbocycles. The average Bonchev–Trinajstić information content (AvgIpc) is 2.88. The van der Waals surface area contributed by atoms with Crippen LogP contribution in [-0.4, -0.2) is 20.8 Å². The summed E-state index contributed by atoms with van der Waals surface area (Å²) in [5.41, 5.74) is 0.809. The van der Waals surface area contributed by atoms with E-state index in [-0.39, 0.29) is 34.5 Å². The summed E-state index contributed by atoms with van der Waals surface area (Å²) < 4.78 is 7.63. The van der Waals surface area contributed by atoms with Gasteiger partial charge in [-0.3, -0.25) is 14.9 Å². The number of ether oxygens (including phenoxy) is 1. The topological polar surface area (TPSA) is 99.6 Å². The molecule has 0 saturated heterocycles. The number of nitro groups is 1. The van der Waals surface area contributed by atoms with E-state index in [4.69, 9.17) is 39.5 Å². The highest BCUT2D eigenvalue weighted by Gasteiger charge is 2.21. The van der Waals surface area contributed by atoms with Crippen molar-refractivity contribution in [1.29, 1.82) is 0 Å². The summed E-state index contributed by atoms with van der Waals surface area (Å²) in [6.07, 6.45) is 2.06. The molecule has 4 rings (SSSR count). The second kappa shape index (κ2) is 11.8. The minimum atomic E-state index is -0.598. The van der Waals surface area contributed by atoms with Crippen molar-refractivity contribution in [3.05, 3.63) is 105 Å². The van der Waals surface area contributed by atoms with Gasteiger partial charge in [0.15, 0.2) is 0 Å². The van der Waals surface area contributed by atoms with Crippen molar-refractivity contribution in [1.82, 2.24) is 9.66 Å². The Hall–Kier alpha value is -2.98. The van der Waals surface area contributed by atoms with Gasteiger partial charge in [-0.1, -0.05) is 70.6 Å². The van der Waals surface area contributed by atoms with Crippen molar-refractivity contribution in [2.75, 3.05) is 0 Å². The molecule has 0 bridgehead atoms. The van der Waals surface area contributed by atoms with Crippen LogP contribution in [0.4, 0.5) is 5.69 Å².